The third-order valence-corrected chi connectivity index (χ3v) is 6.00. The third-order valence-electron chi connectivity index (χ3n) is 4.01. The molecule has 0 saturated heterocycles. The van der Waals surface area contributed by atoms with Crippen molar-refractivity contribution in [2.24, 2.45) is 0 Å². The molecular weight excluding hydrogens is 427 g/mol. The Morgan fingerprint density at radius 2 is 1.86 bits per heavy atom. The molecule has 0 aliphatic heterocycles. The maximum atomic E-state index is 14.4. The molecule has 3 rings (SSSR count). The fraction of sp³-hybridized carbons (Fsp3) is 0.167. The van der Waals surface area contributed by atoms with E-state index in [1.165, 1.54) is 36.0 Å². The number of nitrogens with one attached hydrogen (secondary N) is 2. The molecule has 0 radical (unpaired) electrons. The second kappa shape index (κ2) is 8.39. The quantitative estimate of drug-likeness (QED) is 0.513. The smallest absolute Gasteiger partial charge is 0.268 e. The van der Waals surface area contributed by atoms with Gasteiger partial charge in [-0.3, -0.25) is 4.72 Å². The van der Waals surface area contributed by atoms with Gasteiger partial charge in [-0.1, -0.05) is 12.1 Å². The van der Waals surface area contributed by atoms with Crippen molar-refractivity contribution in [3.8, 4) is 0 Å². The van der Waals surface area contributed by atoms with E-state index < -0.39 is 38.5 Å². The number of benzene rings is 2. The van der Waals surface area contributed by atoms with E-state index in [0.717, 1.165) is 23.5 Å². The van der Waals surface area contributed by atoms with Crippen LogP contribution in [-0.4, -0.2) is 18.5 Å². The zero-order valence-electron chi connectivity index (χ0n) is 15.0. The summed E-state index contributed by atoms with van der Waals surface area (Å²) in [4.78, 5) is 2.57. The summed E-state index contributed by atoms with van der Waals surface area (Å²) in [6, 6.07) is 5.76. The minimum Gasteiger partial charge on any atom is -0.389 e. The minimum atomic E-state index is -4.53. The van der Waals surface area contributed by atoms with Crippen LogP contribution in [0.3, 0.4) is 0 Å². The topological polar surface area (TPSA) is 91.3 Å². The van der Waals surface area contributed by atoms with Crippen LogP contribution in [0, 0.1) is 17.5 Å². The van der Waals surface area contributed by atoms with Crippen molar-refractivity contribution in [3.05, 3.63) is 69.8 Å². The largest absolute Gasteiger partial charge is 0.389 e. The first kappa shape index (κ1) is 21.1. The molecule has 29 heavy (non-hydrogen) atoms. The molecule has 0 saturated carbocycles. The van der Waals surface area contributed by atoms with Crippen LogP contribution in [0.25, 0.3) is 0 Å². The lowest BCUT2D eigenvalue weighted by Crippen LogP contribution is -2.17. The highest BCUT2D eigenvalue weighted by Gasteiger charge is 2.26. The lowest BCUT2D eigenvalue weighted by atomic mass is 10.0. The number of anilines is 2. The van der Waals surface area contributed by atoms with Crippen molar-refractivity contribution in [2.45, 2.75) is 24.5 Å². The summed E-state index contributed by atoms with van der Waals surface area (Å²) in [6.45, 7) is 1.29. The maximum Gasteiger partial charge on any atom is 0.268 e. The van der Waals surface area contributed by atoms with Crippen LogP contribution in [0.4, 0.5) is 24.7 Å². The zero-order chi connectivity index (χ0) is 21.2. The predicted octanol–water partition coefficient (Wildman–Crippen LogP) is 4.03. The van der Waals surface area contributed by atoms with Gasteiger partial charge >= 0.3 is 0 Å². The molecule has 2 aromatic carbocycles. The van der Waals surface area contributed by atoms with Gasteiger partial charge in [0.05, 0.1) is 11.6 Å². The zero-order valence-corrected chi connectivity index (χ0v) is 16.6. The summed E-state index contributed by atoms with van der Waals surface area (Å²) in [7, 11) is -4.53. The molecule has 1 heterocycles. The van der Waals surface area contributed by atoms with Gasteiger partial charge < -0.3 is 10.4 Å². The van der Waals surface area contributed by atoms with Gasteiger partial charge in [0, 0.05) is 23.2 Å². The number of hydrogen-bond acceptors (Lipinski definition) is 6. The number of aliphatic hydroxyl groups is 1. The highest BCUT2D eigenvalue weighted by molar-refractivity contribution is 7.92. The van der Waals surface area contributed by atoms with Crippen molar-refractivity contribution in [2.75, 3.05) is 10.0 Å². The Bertz CT molecular complexity index is 1100. The molecule has 154 valence electrons. The normalized spacial score (nSPS) is 12.6. The average molecular weight is 443 g/mol. The molecule has 0 bridgehead atoms. The lowest BCUT2D eigenvalue weighted by molar-refractivity contribution is 0.197. The molecule has 1 unspecified atom stereocenters. The second-order valence-corrected chi connectivity index (χ2v) is 8.42. The first-order valence-corrected chi connectivity index (χ1v) is 10.7. The van der Waals surface area contributed by atoms with Crippen LogP contribution in [0.15, 0.2) is 46.1 Å². The van der Waals surface area contributed by atoms with Gasteiger partial charge in [0.25, 0.3) is 10.0 Å². The number of halogens is 3. The summed E-state index contributed by atoms with van der Waals surface area (Å²) in [5, 5.41) is 13.8. The molecule has 0 aliphatic carbocycles. The first-order chi connectivity index (χ1) is 13.7. The Morgan fingerprint density at radius 1 is 1.17 bits per heavy atom. The number of nitrogens with zero attached hydrogens (tertiary/aromatic N) is 1. The fourth-order valence-electron chi connectivity index (χ4n) is 2.71. The van der Waals surface area contributed by atoms with E-state index in [1.807, 2.05) is 4.72 Å². The van der Waals surface area contributed by atoms with E-state index >= 15 is 0 Å². The Kier molecular flexibility index (Phi) is 6.10. The summed E-state index contributed by atoms with van der Waals surface area (Å²) >= 11 is 1.11. The van der Waals surface area contributed by atoms with E-state index in [4.69, 9.17) is 0 Å². The summed E-state index contributed by atoms with van der Waals surface area (Å²) < 4.78 is 69.5. The van der Waals surface area contributed by atoms with Crippen LogP contribution in [0.2, 0.25) is 0 Å². The van der Waals surface area contributed by atoms with Crippen LogP contribution in [0.1, 0.15) is 24.2 Å². The van der Waals surface area contributed by atoms with Gasteiger partial charge in [0.15, 0.2) is 10.7 Å². The van der Waals surface area contributed by atoms with Crippen LogP contribution < -0.4 is 10.0 Å². The number of aromatic nitrogens is 1. The molecule has 0 amide bonds. The summed E-state index contributed by atoms with van der Waals surface area (Å²) in [5.74, 6) is -3.29. The van der Waals surface area contributed by atoms with Crippen LogP contribution in [0.5, 0.6) is 0 Å². The van der Waals surface area contributed by atoms with Crippen molar-refractivity contribution >= 4 is 32.9 Å². The minimum absolute atomic E-state index is 0.0544. The van der Waals surface area contributed by atoms with Crippen LogP contribution >= 0.6 is 11.3 Å². The molecule has 1 aromatic heterocycles. The van der Waals surface area contributed by atoms with Gasteiger partial charge in [-0.05, 0) is 30.7 Å². The fourth-order valence-corrected chi connectivity index (χ4v) is 4.39. The van der Waals surface area contributed by atoms with Crippen molar-refractivity contribution in [3.63, 3.8) is 0 Å². The Labute approximate surface area is 169 Å². The van der Waals surface area contributed by atoms with Gasteiger partial charge in [0.1, 0.15) is 17.5 Å². The molecular formula is C18H16F3N3O3S2. The van der Waals surface area contributed by atoms with E-state index in [-0.39, 0.29) is 23.6 Å². The molecule has 3 N–H and O–H groups in total. The average Bonchev–Trinajstić information content (AvgIpc) is 3.11. The Morgan fingerprint density at radius 3 is 2.45 bits per heavy atom. The van der Waals surface area contributed by atoms with Gasteiger partial charge in [0.2, 0.25) is 0 Å². The van der Waals surface area contributed by atoms with E-state index in [1.54, 1.807) is 0 Å². The van der Waals surface area contributed by atoms with E-state index in [9.17, 15) is 26.7 Å². The maximum absolute atomic E-state index is 14.4. The number of aliphatic hydroxyl groups excluding tert-OH is 1. The first-order valence-electron chi connectivity index (χ1n) is 8.28. The van der Waals surface area contributed by atoms with Gasteiger partial charge in [-0.2, -0.15) is 0 Å². The van der Waals surface area contributed by atoms with E-state index in [2.05, 4.69) is 10.3 Å². The highest BCUT2D eigenvalue weighted by Crippen LogP contribution is 2.27. The predicted molar refractivity (Wildman–Crippen MR) is 104 cm³/mol. The lowest BCUT2D eigenvalue weighted by Gasteiger charge is -2.15. The molecule has 0 spiro atoms. The third kappa shape index (κ3) is 4.69. The van der Waals surface area contributed by atoms with Crippen molar-refractivity contribution in [1.29, 1.82) is 0 Å². The Hall–Kier alpha value is -2.63. The molecule has 11 heteroatoms. The molecule has 0 fully saturated rings. The van der Waals surface area contributed by atoms with Crippen LogP contribution in [-0.2, 0) is 16.6 Å². The van der Waals surface area contributed by atoms with Gasteiger partial charge in [-0.15, -0.1) is 11.3 Å². The van der Waals surface area contributed by atoms with E-state index in [0.29, 0.717) is 5.56 Å². The molecule has 0 aliphatic rings. The standard InChI is InChI=1S/C18H16F3N3O3S2/c1-10(25)12-3-2-4-14(19)13(12)7-22-11-5-15(20)18(16(21)6-11)29(26,27)24-17-8-28-9-23-17/h2-6,8-10,22,24-25H,7H2,1H3. The van der Waals surface area contributed by atoms with Crippen molar-refractivity contribution in [1.82, 2.24) is 4.98 Å². The summed E-state index contributed by atoms with van der Waals surface area (Å²) in [6.07, 6.45) is -0.944. The molecule has 1 atom stereocenters. The Balaban J connectivity index is 1.85. The SMILES string of the molecule is CC(O)c1cccc(F)c1CNc1cc(F)c(S(=O)(=O)Nc2cscn2)c(F)c1. The molecule has 6 nitrogen and oxygen atoms in total. The number of rotatable bonds is 7. The number of hydrogen-bond donors (Lipinski definition) is 3. The van der Waals surface area contributed by atoms with Gasteiger partial charge in [-0.25, -0.2) is 26.6 Å². The highest BCUT2D eigenvalue weighted by atomic mass is 32.2. The monoisotopic (exact) mass is 443 g/mol. The second-order valence-electron chi connectivity index (χ2n) is 6.09. The number of sulfonamides is 1. The van der Waals surface area contributed by atoms with Crippen molar-refractivity contribution < 1.29 is 26.7 Å². The number of thiazole rings is 1. The summed E-state index contributed by atoms with van der Waals surface area (Å²) in [5.41, 5.74) is 1.73. The molecule has 3 aromatic rings.